The number of rotatable bonds is 4. The monoisotopic (exact) mass is 338 g/mol. The Morgan fingerprint density at radius 2 is 2.17 bits per heavy atom. The van der Waals surface area contributed by atoms with Crippen LogP contribution in [0.5, 0.6) is 5.75 Å². The van der Waals surface area contributed by atoms with Crippen LogP contribution < -0.4 is 15.4 Å². The first kappa shape index (κ1) is 16.6. The van der Waals surface area contributed by atoms with Gasteiger partial charge >= 0.3 is 0 Å². The van der Waals surface area contributed by atoms with Crippen molar-refractivity contribution in [2.24, 2.45) is 0 Å². The van der Waals surface area contributed by atoms with Gasteiger partial charge in [-0.1, -0.05) is 11.6 Å². The predicted octanol–water partition coefficient (Wildman–Crippen LogP) is 2.98. The summed E-state index contributed by atoms with van der Waals surface area (Å²) >= 11 is 6.29. The summed E-state index contributed by atoms with van der Waals surface area (Å²) in [6.45, 7) is 3.20. The lowest BCUT2D eigenvalue weighted by Crippen LogP contribution is -2.53. The first-order chi connectivity index (χ1) is 11.1. The Balaban J connectivity index is 1.61. The fourth-order valence-corrected chi connectivity index (χ4v) is 3.33. The molecule has 1 amide bonds. The van der Waals surface area contributed by atoms with E-state index in [2.05, 4.69) is 10.6 Å². The topological polar surface area (TPSA) is 59.6 Å². The Bertz CT molecular complexity index is 561. The molecular weight excluding hydrogens is 316 g/mol. The summed E-state index contributed by atoms with van der Waals surface area (Å²) in [7, 11) is 0. The number of carbonyl (C=O) groups excluding carboxylic acids is 1. The van der Waals surface area contributed by atoms with Crippen LogP contribution in [0.25, 0.3) is 0 Å². The van der Waals surface area contributed by atoms with Crippen molar-refractivity contribution >= 4 is 23.2 Å². The largest absolute Gasteiger partial charge is 0.489 e. The molecule has 3 rings (SSSR count). The predicted molar refractivity (Wildman–Crippen MR) is 90.2 cm³/mol. The smallest absolute Gasteiger partial charge is 0.244 e. The highest BCUT2D eigenvalue weighted by Gasteiger charge is 2.28. The van der Waals surface area contributed by atoms with Crippen LogP contribution in [0.4, 0.5) is 5.69 Å². The van der Waals surface area contributed by atoms with E-state index in [0.29, 0.717) is 29.6 Å². The van der Waals surface area contributed by atoms with Gasteiger partial charge in [0.05, 0.1) is 23.8 Å². The quantitative estimate of drug-likeness (QED) is 0.886. The Morgan fingerprint density at radius 3 is 2.87 bits per heavy atom. The van der Waals surface area contributed by atoms with E-state index in [1.807, 2.05) is 19.1 Å². The van der Waals surface area contributed by atoms with E-state index in [9.17, 15) is 4.79 Å². The molecule has 1 aliphatic heterocycles. The van der Waals surface area contributed by atoms with Gasteiger partial charge in [0.15, 0.2) is 0 Å². The second-order valence-corrected chi connectivity index (χ2v) is 6.57. The van der Waals surface area contributed by atoms with Gasteiger partial charge in [-0.3, -0.25) is 4.79 Å². The van der Waals surface area contributed by atoms with Crippen molar-refractivity contribution < 1.29 is 14.3 Å². The molecule has 2 atom stereocenters. The minimum absolute atomic E-state index is 0.113. The molecule has 0 unspecified atom stereocenters. The molecule has 0 spiro atoms. The van der Waals surface area contributed by atoms with Gasteiger partial charge in [-0.25, -0.2) is 0 Å². The van der Waals surface area contributed by atoms with E-state index >= 15 is 0 Å². The first-order valence-electron chi connectivity index (χ1n) is 8.25. The van der Waals surface area contributed by atoms with E-state index in [1.54, 1.807) is 6.07 Å². The molecule has 1 heterocycles. The number of carbonyl (C=O) groups is 1. The lowest BCUT2D eigenvalue weighted by atomic mass is 10.1. The van der Waals surface area contributed by atoms with Crippen LogP contribution in [0.1, 0.15) is 32.6 Å². The highest BCUT2D eigenvalue weighted by molar-refractivity contribution is 6.32. The summed E-state index contributed by atoms with van der Waals surface area (Å²) in [6, 6.07) is 5.03. The SMILES string of the molecule is C[C@H]1OCCN[C@@H]1C(=O)Nc1ccc(OC2CCCC2)c(Cl)c1. The molecule has 1 aliphatic carbocycles. The van der Waals surface area contributed by atoms with Gasteiger partial charge in [0.1, 0.15) is 11.8 Å². The lowest BCUT2D eigenvalue weighted by molar-refractivity contribution is -0.123. The molecule has 1 aromatic rings. The molecule has 0 bridgehead atoms. The minimum Gasteiger partial charge on any atom is -0.489 e. The summed E-state index contributed by atoms with van der Waals surface area (Å²) in [5.41, 5.74) is 0.665. The number of hydrogen-bond acceptors (Lipinski definition) is 4. The normalized spacial score (nSPS) is 25.3. The molecule has 1 saturated carbocycles. The van der Waals surface area contributed by atoms with Gasteiger partial charge in [0, 0.05) is 12.2 Å². The van der Waals surface area contributed by atoms with Crippen LogP contribution in [-0.2, 0) is 9.53 Å². The Morgan fingerprint density at radius 1 is 1.39 bits per heavy atom. The van der Waals surface area contributed by atoms with Gasteiger partial charge < -0.3 is 20.1 Å². The van der Waals surface area contributed by atoms with Crippen molar-refractivity contribution in [1.82, 2.24) is 5.32 Å². The maximum atomic E-state index is 12.3. The van der Waals surface area contributed by atoms with Gasteiger partial charge in [0.25, 0.3) is 0 Å². The first-order valence-corrected chi connectivity index (χ1v) is 8.63. The number of amides is 1. The molecule has 5 nitrogen and oxygen atoms in total. The van der Waals surface area contributed by atoms with Crippen molar-refractivity contribution in [2.75, 3.05) is 18.5 Å². The van der Waals surface area contributed by atoms with Crippen molar-refractivity contribution in [3.05, 3.63) is 23.2 Å². The number of anilines is 1. The summed E-state index contributed by atoms with van der Waals surface area (Å²) < 4.78 is 11.4. The zero-order valence-corrected chi connectivity index (χ0v) is 14.1. The van der Waals surface area contributed by atoms with E-state index in [0.717, 1.165) is 12.8 Å². The molecule has 2 aliphatic rings. The molecule has 2 N–H and O–H groups in total. The van der Waals surface area contributed by atoms with Gasteiger partial charge in [0.2, 0.25) is 5.91 Å². The molecule has 0 radical (unpaired) electrons. The lowest BCUT2D eigenvalue weighted by Gasteiger charge is -2.29. The Labute approximate surface area is 141 Å². The van der Waals surface area contributed by atoms with Crippen molar-refractivity contribution in [2.45, 2.75) is 50.9 Å². The fourth-order valence-electron chi connectivity index (χ4n) is 3.11. The van der Waals surface area contributed by atoms with Gasteiger partial charge in [-0.2, -0.15) is 0 Å². The standard InChI is InChI=1S/C17H23ClN2O3/c1-11-16(19-8-9-22-11)17(21)20-12-6-7-15(14(18)10-12)23-13-4-2-3-5-13/h6-7,10-11,13,16,19H,2-5,8-9H2,1H3,(H,20,21)/t11-,16+/m1/s1. The van der Waals surface area contributed by atoms with Crippen LogP contribution in [0.15, 0.2) is 18.2 Å². The van der Waals surface area contributed by atoms with E-state index in [1.165, 1.54) is 12.8 Å². The zero-order valence-electron chi connectivity index (χ0n) is 13.3. The molecule has 2 fully saturated rings. The number of morpholine rings is 1. The maximum absolute atomic E-state index is 12.3. The van der Waals surface area contributed by atoms with Gasteiger partial charge in [-0.15, -0.1) is 0 Å². The molecular formula is C17H23ClN2O3. The summed E-state index contributed by atoms with van der Waals surface area (Å²) in [4.78, 5) is 12.3. The second kappa shape index (κ2) is 7.51. The average Bonchev–Trinajstić information content (AvgIpc) is 3.03. The molecule has 0 aromatic heterocycles. The van der Waals surface area contributed by atoms with Crippen LogP contribution in [0, 0.1) is 0 Å². The van der Waals surface area contributed by atoms with E-state index in [4.69, 9.17) is 21.1 Å². The van der Waals surface area contributed by atoms with Crippen molar-refractivity contribution in [1.29, 1.82) is 0 Å². The molecule has 6 heteroatoms. The third-order valence-corrected chi connectivity index (χ3v) is 4.69. The highest BCUT2D eigenvalue weighted by atomic mass is 35.5. The molecule has 1 aromatic carbocycles. The average molecular weight is 339 g/mol. The third-order valence-electron chi connectivity index (χ3n) is 4.39. The number of ether oxygens (including phenoxy) is 2. The van der Waals surface area contributed by atoms with E-state index in [-0.39, 0.29) is 24.2 Å². The number of nitrogens with one attached hydrogen (secondary N) is 2. The number of hydrogen-bond donors (Lipinski definition) is 2. The van der Waals surface area contributed by atoms with Crippen molar-refractivity contribution in [3.8, 4) is 5.75 Å². The minimum atomic E-state index is -0.350. The van der Waals surface area contributed by atoms with Crippen LogP contribution in [0.3, 0.4) is 0 Å². The summed E-state index contributed by atoms with van der Waals surface area (Å²) in [6.07, 6.45) is 4.71. The molecule has 126 valence electrons. The zero-order chi connectivity index (χ0) is 16.2. The van der Waals surface area contributed by atoms with Crippen LogP contribution >= 0.6 is 11.6 Å². The second-order valence-electron chi connectivity index (χ2n) is 6.17. The third kappa shape index (κ3) is 4.16. The Kier molecular flexibility index (Phi) is 5.41. The van der Waals surface area contributed by atoms with Gasteiger partial charge in [-0.05, 0) is 50.8 Å². The Hall–Kier alpha value is -1.30. The van der Waals surface area contributed by atoms with Crippen LogP contribution in [0.2, 0.25) is 5.02 Å². The van der Waals surface area contributed by atoms with Crippen molar-refractivity contribution in [3.63, 3.8) is 0 Å². The number of benzene rings is 1. The summed E-state index contributed by atoms with van der Waals surface area (Å²) in [5.74, 6) is 0.571. The fraction of sp³-hybridized carbons (Fsp3) is 0.588. The molecule has 1 saturated heterocycles. The summed E-state index contributed by atoms with van der Waals surface area (Å²) in [5, 5.41) is 6.57. The highest BCUT2D eigenvalue weighted by Crippen LogP contribution is 2.31. The van der Waals surface area contributed by atoms with Crippen LogP contribution in [-0.4, -0.2) is 37.3 Å². The number of halogens is 1. The maximum Gasteiger partial charge on any atom is 0.244 e. The molecule has 23 heavy (non-hydrogen) atoms. The van der Waals surface area contributed by atoms with E-state index < -0.39 is 0 Å².